The first-order valence-electron chi connectivity index (χ1n) is 7.51. The van der Waals surface area contributed by atoms with E-state index in [0.29, 0.717) is 44.3 Å². The minimum Gasteiger partial charge on any atom is -0.308 e. The molecule has 0 spiro atoms. The Morgan fingerprint density at radius 1 is 0.720 bits per heavy atom. The average Bonchev–Trinajstić information content (AvgIpc) is 2.58. The van der Waals surface area contributed by atoms with Crippen LogP contribution in [0.1, 0.15) is 11.1 Å². The molecule has 25 heavy (non-hydrogen) atoms. The Labute approximate surface area is 166 Å². The van der Waals surface area contributed by atoms with Crippen molar-refractivity contribution in [3.05, 3.63) is 78.8 Å². The lowest BCUT2D eigenvalue weighted by atomic mass is 9.95. The lowest BCUT2D eigenvalue weighted by Gasteiger charge is -2.18. The predicted molar refractivity (Wildman–Crippen MR) is 107 cm³/mol. The molecule has 0 atom stereocenters. The van der Waals surface area contributed by atoms with Gasteiger partial charge in [-0.2, -0.15) is 0 Å². The number of nitrogens with one attached hydrogen (secondary N) is 1. The number of halogens is 4. The van der Waals surface area contributed by atoms with E-state index in [9.17, 15) is 4.79 Å². The Hall–Kier alpha value is -1.29. The van der Waals surface area contributed by atoms with Gasteiger partial charge in [0.2, 0.25) is 0 Å². The molecule has 1 fully saturated rings. The summed E-state index contributed by atoms with van der Waals surface area (Å²) in [6.45, 7) is 0.996. The molecule has 0 amide bonds. The van der Waals surface area contributed by atoms with Crippen LogP contribution in [-0.4, -0.2) is 18.9 Å². The van der Waals surface area contributed by atoms with Crippen molar-refractivity contribution in [1.82, 2.24) is 5.32 Å². The molecule has 6 heteroatoms. The van der Waals surface area contributed by atoms with Crippen molar-refractivity contribution < 1.29 is 4.79 Å². The minimum atomic E-state index is -0.00380. The SMILES string of the molecule is O=C1/C(=C/c2ccc(Cl)c(Cl)c2)CNC/C1=C\c1ccc(Cl)c(Cl)c1. The van der Waals surface area contributed by atoms with E-state index in [4.69, 9.17) is 46.4 Å². The summed E-state index contributed by atoms with van der Waals surface area (Å²) in [4.78, 5) is 12.7. The molecule has 0 aliphatic carbocycles. The van der Waals surface area contributed by atoms with Crippen LogP contribution < -0.4 is 5.32 Å². The van der Waals surface area contributed by atoms with Gasteiger partial charge in [-0.1, -0.05) is 58.5 Å². The van der Waals surface area contributed by atoms with Crippen molar-refractivity contribution in [2.75, 3.05) is 13.1 Å². The molecule has 1 N–H and O–H groups in total. The lowest BCUT2D eigenvalue weighted by Crippen LogP contribution is -2.32. The third-order valence-corrected chi connectivity index (χ3v) is 5.26. The topological polar surface area (TPSA) is 29.1 Å². The van der Waals surface area contributed by atoms with Crippen LogP contribution in [0.2, 0.25) is 20.1 Å². The van der Waals surface area contributed by atoms with Gasteiger partial charge in [0.05, 0.1) is 20.1 Å². The van der Waals surface area contributed by atoms with Crippen molar-refractivity contribution >= 4 is 64.3 Å². The minimum absolute atomic E-state index is 0.00380. The Morgan fingerprint density at radius 2 is 1.16 bits per heavy atom. The fraction of sp³-hybridized carbons (Fsp3) is 0.105. The smallest absolute Gasteiger partial charge is 0.187 e. The number of ketones is 1. The van der Waals surface area contributed by atoms with E-state index in [2.05, 4.69) is 5.32 Å². The van der Waals surface area contributed by atoms with E-state index < -0.39 is 0 Å². The number of rotatable bonds is 2. The van der Waals surface area contributed by atoms with E-state index >= 15 is 0 Å². The van der Waals surface area contributed by atoms with Crippen LogP contribution in [0.15, 0.2) is 47.5 Å². The number of carbonyl (C=O) groups excluding carboxylic acids is 1. The number of piperidine rings is 1. The quantitative estimate of drug-likeness (QED) is 0.618. The van der Waals surface area contributed by atoms with E-state index in [1.807, 2.05) is 24.3 Å². The summed E-state index contributed by atoms with van der Waals surface area (Å²) in [7, 11) is 0. The van der Waals surface area contributed by atoms with Gasteiger partial charge in [-0.15, -0.1) is 0 Å². The van der Waals surface area contributed by atoms with E-state index in [1.54, 1.807) is 24.3 Å². The fourth-order valence-electron chi connectivity index (χ4n) is 2.54. The molecule has 2 aromatic rings. The normalized spacial score (nSPS) is 18.2. The highest BCUT2D eigenvalue weighted by molar-refractivity contribution is 6.42. The summed E-state index contributed by atoms with van der Waals surface area (Å²) >= 11 is 23.9. The molecule has 0 bridgehead atoms. The van der Waals surface area contributed by atoms with Gasteiger partial charge in [0, 0.05) is 24.2 Å². The van der Waals surface area contributed by atoms with Crippen LogP contribution in [0.5, 0.6) is 0 Å². The molecule has 2 nitrogen and oxygen atoms in total. The van der Waals surface area contributed by atoms with Crippen molar-refractivity contribution in [3.8, 4) is 0 Å². The molecule has 1 aliphatic heterocycles. The summed E-state index contributed by atoms with van der Waals surface area (Å²) in [5.41, 5.74) is 2.98. The second-order valence-electron chi connectivity index (χ2n) is 5.62. The van der Waals surface area contributed by atoms with E-state index in [-0.39, 0.29) is 5.78 Å². The third kappa shape index (κ3) is 4.46. The van der Waals surface area contributed by atoms with Gasteiger partial charge in [-0.25, -0.2) is 0 Å². The zero-order valence-corrected chi connectivity index (χ0v) is 16.0. The van der Waals surface area contributed by atoms with Crippen LogP contribution in [0.4, 0.5) is 0 Å². The van der Waals surface area contributed by atoms with Crippen LogP contribution >= 0.6 is 46.4 Å². The Bertz CT molecular complexity index is 831. The zero-order chi connectivity index (χ0) is 18.0. The first-order chi connectivity index (χ1) is 11.9. The standard InChI is InChI=1S/C19H13Cl4NO/c20-15-3-1-11(7-17(15)22)5-13-9-24-10-14(19(13)25)6-12-2-4-16(21)18(23)8-12/h1-8,24H,9-10H2/b13-5+,14-6+. The summed E-state index contributed by atoms with van der Waals surface area (Å²) in [6.07, 6.45) is 3.64. The molecule has 1 aliphatic rings. The van der Waals surface area contributed by atoms with Crippen LogP contribution in [0, 0.1) is 0 Å². The molecule has 1 heterocycles. The zero-order valence-electron chi connectivity index (χ0n) is 13.0. The van der Waals surface area contributed by atoms with Crippen molar-refractivity contribution in [2.45, 2.75) is 0 Å². The first kappa shape index (κ1) is 18.5. The summed E-state index contributed by atoms with van der Waals surface area (Å²) in [5, 5.41) is 5.11. The second-order valence-corrected chi connectivity index (χ2v) is 7.25. The molecule has 2 aromatic carbocycles. The highest BCUT2D eigenvalue weighted by Crippen LogP contribution is 2.26. The van der Waals surface area contributed by atoms with Crippen LogP contribution in [-0.2, 0) is 4.79 Å². The van der Waals surface area contributed by atoms with Gasteiger partial charge in [-0.05, 0) is 47.5 Å². The maximum Gasteiger partial charge on any atom is 0.187 e. The number of benzene rings is 2. The van der Waals surface area contributed by atoms with Crippen molar-refractivity contribution in [2.24, 2.45) is 0 Å². The summed E-state index contributed by atoms with van der Waals surface area (Å²) in [6, 6.07) is 10.5. The van der Waals surface area contributed by atoms with Crippen molar-refractivity contribution in [1.29, 1.82) is 0 Å². The lowest BCUT2D eigenvalue weighted by molar-refractivity contribution is -0.112. The summed E-state index contributed by atoms with van der Waals surface area (Å²) in [5.74, 6) is -0.00380. The second kappa shape index (κ2) is 7.94. The number of hydrogen-bond acceptors (Lipinski definition) is 2. The monoisotopic (exact) mass is 411 g/mol. The molecule has 1 saturated heterocycles. The number of carbonyl (C=O) groups is 1. The molecule has 0 saturated carbocycles. The number of Topliss-reactive ketones (excluding diaryl/α,β-unsaturated/α-hetero) is 1. The molecular weight excluding hydrogens is 400 g/mol. The molecule has 0 radical (unpaired) electrons. The molecular formula is C19H13Cl4NO. The van der Waals surface area contributed by atoms with E-state index in [1.165, 1.54) is 0 Å². The highest BCUT2D eigenvalue weighted by Gasteiger charge is 2.20. The average molecular weight is 413 g/mol. The summed E-state index contributed by atoms with van der Waals surface area (Å²) < 4.78 is 0. The molecule has 3 rings (SSSR count). The van der Waals surface area contributed by atoms with Gasteiger partial charge in [-0.3, -0.25) is 4.79 Å². The fourth-order valence-corrected chi connectivity index (χ4v) is 3.15. The largest absolute Gasteiger partial charge is 0.308 e. The Morgan fingerprint density at radius 3 is 1.56 bits per heavy atom. The third-order valence-electron chi connectivity index (χ3n) is 3.78. The Kier molecular flexibility index (Phi) is 5.88. The van der Waals surface area contributed by atoms with Gasteiger partial charge >= 0.3 is 0 Å². The highest BCUT2D eigenvalue weighted by atomic mass is 35.5. The maximum atomic E-state index is 12.7. The predicted octanol–water partition coefficient (Wildman–Crippen LogP) is 5.94. The van der Waals surface area contributed by atoms with Crippen LogP contribution in [0.3, 0.4) is 0 Å². The van der Waals surface area contributed by atoms with Gasteiger partial charge in [0.15, 0.2) is 5.78 Å². The van der Waals surface area contributed by atoms with Gasteiger partial charge in [0.1, 0.15) is 0 Å². The van der Waals surface area contributed by atoms with Gasteiger partial charge < -0.3 is 5.32 Å². The molecule has 0 aromatic heterocycles. The van der Waals surface area contributed by atoms with Crippen LogP contribution in [0.25, 0.3) is 12.2 Å². The van der Waals surface area contributed by atoms with Crippen molar-refractivity contribution in [3.63, 3.8) is 0 Å². The molecule has 128 valence electrons. The Balaban J connectivity index is 1.89. The van der Waals surface area contributed by atoms with E-state index in [0.717, 1.165) is 11.1 Å². The first-order valence-corrected chi connectivity index (χ1v) is 9.02. The van der Waals surface area contributed by atoms with Gasteiger partial charge in [0.25, 0.3) is 0 Å². The maximum absolute atomic E-state index is 12.7. The number of hydrogen-bond donors (Lipinski definition) is 1. The molecule has 0 unspecified atom stereocenters.